The molecule has 0 unspecified atom stereocenters. The monoisotopic (exact) mass is 1210 g/mol. The molecular weight excluding hydrogens is 1120 g/mol. The van der Waals surface area contributed by atoms with Gasteiger partial charge >= 0.3 is 0 Å². The van der Waals surface area contributed by atoms with Crippen molar-refractivity contribution in [3.8, 4) is 33.8 Å². The minimum Gasteiger partial charge on any atom is -0.200 e. The number of fused-ring (bicyclic) bond motifs is 13. The zero-order chi connectivity index (χ0) is 59.3. The first-order chi connectivity index (χ1) is 41.4. The molecular formula is C82H84N3S3+3. The maximum atomic E-state index is 9.21. The third kappa shape index (κ3) is 11.4. The summed E-state index contributed by atoms with van der Waals surface area (Å²) in [5.41, 5.74) is 15.8. The van der Waals surface area contributed by atoms with Crippen molar-refractivity contribution in [2.45, 2.75) is 102 Å². The van der Waals surface area contributed by atoms with Crippen LogP contribution in [0.3, 0.4) is 0 Å². The molecule has 15 aromatic rings. The molecule has 0 N–H and O–H groups in total. The lowest BCUT2D eigenvalue weighted by Crippen LogP contribution is -2.30. The minimum absolute atomic E-state index is 0. The lowest BCUT2D eigenvalue weighted by Gasteiger charge is -2.34. The molecule has 1 fully saturated rings. The van der Waals surface area contributed by atoms with E-state index < -0.39 is 5.89 Å². The third-order valence-corrected chi connectivity index (χ3v) is 21.7. The second-order valence-electron chi connectivity index (χ2n) is 24.9. The zero-order valence-corrected chi connectivity index (χ0v) is 52.9. The Morgan fingerprint density at radius 2 is 0.807 bits per heavy atom. The van der Waals surface area contributed by atoms with Crippen LogP contribution in [0, 0.1) is 40.0 Å². The van der Waals surface area contributed by atoms with Crippen LogP contribution in [0.15, 0.2) is 201 Å². The van der Waals surface area contributed by atoms with E-state index in [2.05, 4.69) is 284 Å². The Labute approximate surface area is 534 Å². The number of rotatable bonds is 4. The fourth-order valence-corrected chi connectivity index (χ4v) is 16.8. The Morgan fingerprint density at radius 1 is 0.375 bits per heavy atom. The summed E-state index contributed by atoms with van der Waals surface area (Å²) in [6, 6.07) is 67.0. The predicted molar refractivity (Wildman–Crippen MR) is 389 cm³/mol. The summed E-state index contributed by atoms with van der Waals surface area (Å²) in [6.45, 7) is 15.6. The van der Waals surface area contributed by atoms with Crippen molar-refractivity contribution in [2.75, 3.05) is 0 Å². The smallest absolute Gasteiger partial charge is 0.200 e. The SMILES string of the molecule is C.C.C.Cc1ccc(-c2cc3sc4cc5cc(C)ccc5cc4c3c[n+]2C)c(C)c1.Cc1ccccc1-c1cc2sc3cc4ccccc4cc3c2c[n+]1C.[2H]C1(c2ccc3c(ccc4c5c[n+](C)c(-c6ccccc6C)cc5sc34)c2)CCC(C)(C)CC1. The van der Waals surface area contributed by atoms with E-state index in [-0.39, 0.29) is 22.3 Å². The molecule has 6 aromatic heterocycles. The number of hydrogen-bond donors (Lipinski definition) is 0. The molecule has 16 rings (SSSR count). The lowest BCUT2D eigenvalue weighted by molar-refractivity contribution is -0.659. The van der Waals surface area contributed by atoms with Gasteiger partial charge in [-0.15, -0.1) is 34.0 Å². The molecule has 6 heteroatoms. The van der Waals surface area contributed by atoms with E-state index in [1.165, 1.54) is 160 Å². The Balaban J connectivity index is 0.000000137. The van der Waals surface area contributed by atoms with E-state index in [1.54, 1.807) is 0 Å². The molecule has 1 saturated carbocycles. The number of aryl methyl sites for hydroxylation is 8. The summed E-state index contributed by atoms with van der Waals surface area (Å²) in [5.74, 6) is -0.449. The number of nitrogens with zero attached hydrogens (tertiary/aromatic N) is 3. The molecule has 0 bridgehead atoms. The number of aromatic nitrogens is 3. The van der Waals surface area contributed by atoms with Crippen LogP contribution >= 0.6 is 34.0 Å². The highest BCUT2D eigenvalue weighted by Gasteiger charge is 2.28. The van der Waals surface area contributed by atoms with Gasteiger partial charge in [-0.3, -0.25) is 0 Å². The summed E-state index contributed by atoms with van der Waals surface area (Å²) in [5, 5.41) is 15.9. The van der Waals surface area contributed by atoms with Crippen molar-refractivity contribution in [3.63, 3.8) is 0 Å². The number of pyridine rings is 3. The van der Waals surface area contributed by atoms with Gasteiger partial charge in [0.25, 0.3) is 0 Å². The fourth-order valence-electron chi connectivity index (χ4n) is 13.3. The summed E-state index contributed by atoms with van der Waals surface area (Å²) in [7, 11) is 6.45. The van der Waals surface area contributed by atoms with Crippen molar-refractivity contribution in [2.24, 2.45) is 26.6 Å². The quantitative estimate of drug-likeness (QED) is 0.156. The van der Waals surface area contributed by atoms with Gasteiger partial charge in [0.1, 0.15) is 21.1 Å². The zero-order valence-electron chi connectivity index (χ0n) is 51.4. The normalized spacial score (nSPS) is 13.7. The molecule has 1 aliphatic carbocycles. The molecule has 3 nitrogen and oxygen atoms in total. The molecule has 0 amide bonds. The van der Waals surface area contributed by atoms with Gasteiger partial charge in [-0.25, -0.2) is 13.7 Å². The van der Waals surface area contributed by atoms with Crippen molar-refractivity contribution in [1.82, 2.24) is 0 Å². The molecule has 9 aromatic carbocycles. The summed E-state index contributed by atoms with van der Waals surface area (Å²) < 4.78 is 24.1. The lowest BCUT2D eigenvalue weighted by atomic mass is 9.71. The van der Waals surface area contributed by atoms with Crippen LogP contribution in [0.5, 0.6) is 0 Å². The van der Waals surface area contributed by atoms with Crippen molar-refractivity contribution in [1.29, 1.82) is 0 Å². The summed E-state index contributed by atoms with van der Waals surface area (Å²) in [4.78, 5) is 0. The molecule has 0 saturated heterocycles. The van der Waals surface area contributed by atoms with E-state index in [9.17, 15) is 1.37 Å². The topological polar surface area (TPSA) is 11.6 Å². The van der Waals surface area contributed by atoms with Gasteiger partial charge in [0, 0.05) is 80.6 Å². The average molecular weight is 1210 g/mol. The van der Waals surface area contributed by atoms with Crippen molar-refractivity contribution >= 4 is 127 Å². The highest BCUT2D eigenvalue weighted by Crippen LogP contribution is 2.45. The minimum atomic E-state index is -0.449. The Morgan fingerprint density at radius 3 is 1.36 bits per heavy atom. The second-order valence-corrected chi connectivity index (χ2v) is 28.2. The summed E-state index contributed by atoms with van der Waals surface area (Å²) >= 11 is 5.68. The maximum absolute atomic E-state index is 9.21. The van der Waals surface area contributed by atoms with E-state index in [0.717, 1.165) is 25.7 Å². The van der Waals surface area contributed by atoms with Crippen LogP contribution in [0.2, 0.25) is 0 Å². The number of benzene rings is 9. The third-order valence-electron chi connectivity index (χ3n) is 18.3. The largest absolute Gasteiger partial charge is 0.213 e. The fraction of sp³-hybridized carbons (Fsp3) is 0.232. The van der Waals surface area contributed by atoms with E-state index in [4.69, 9.17) is 0 Å². The van der Waals surface area contributed by atoms with Crippen LogP contribution in [0.25, 0.3) is 127 Å². The molecule has 1 aliphatic rings. The van der Waals surface area contributed by atoms with E-state index in [0.29, 0.717) is 5.41 Å². The van der Waals surface area contributed by atoms with Gasteiger partial charge in [-0.05, 0) is 169 Å². The molecule has 0 spiro atoms. The van der Waals surface area contributed by atoms with Crippen LogP contribution in [0.1, 0.15) is 102 Å². The van der Waals surface area contributed by atoms with Gasteiger partial charge in [0.2, 0.25) is 17.1 Å². The van der Waals surface area contributed by atoms with Crippen molar-refractivity contribution in [3.05, 3.63) is 234 Å². The highest BCUT2D eigenvalue weighted by molar-refractivity contribution is 7.27. The molecule has 88 heavy (non-hydrogen) atoms. The second kappa shape index (κ2) is 24.4. The molecule has 6 heterocycles. The molecule has 0 atom stereocenters. The summed E-state index contributed by atoms with van der Waals surface area (Å²) in [6.07, 6.45) is 11.0. The first-order valence-electron chi connectivity index (χ1n) is 30.4. The average Bonchev–Trinajstić information content (AvgIpc) is 1.99. The highest BCUT2D eigenvalue weighted by atomic mass is 32.1. The standard InChI is InChI=1S/C31H32NS.C25H22NS.C23H18NS.3CH4/c1-20-7-5-6-8-24(20)28-18-29-27(19-32(28)4)26-12-10-23-17-22(9-11-25(23)30(26)33-29)21-13-15-31(2,3)16-14-21;1-15-6-8-20(17(3)9-15)23-13-25-22(14-26(23)4)21-11-18-7-5-16(2)10-19(18)12-24(21)27-25;1-15-7-3-6-10-18(15)21-13-23-20(14-24(21)2)19-11-16-8-4-5-9-17(16)12-22(19)25-23;;;/h5-12,17-19,21H,13-16H2,1-4H3;5-14H,1-4H3;3-14H,1-2H3;3*1H4/q3*+1;;;/i21D;;;;;. The first-order valence-corrected chi connectivity index (χ1v) is 32.4. The predicted octanol–water partition coefficient (Wildman–Crippen LogP) is 23.2. The van der Waals surface area contributed by atoms with E-state index >= 15 is 0 Å². The molecule has 0 radical (unpaired) electrons. The van der Waals surface area contributed by atoms with Crippen LogP contribution in [0.4, 0.5) is 0 Å². The van der Waals surface area contributed by atoms with E-state index in [1.807, 2.05) is 34.0 Å². The maximum Gasteiger partial charge on any atom is 0.213 e. The number of hydrogen-bond acceptors (Lipinski definition) is 3. The van der Waals surface area contributed by atoms with Gasteiger partial charge < -0.3 is 0 Å². The first kappa shape index (κ1) is 60.2. The Hall–Kier alpha value is -8.13. The van der Waals surface area contributed by atoms with Crippen LogP contribution < -0.4 is 13.7 Å². The van der Waals surface area contributed by atoms with Crippen LogP contribution in [-0.4, -0.2) is 0 Å². The van der Waals surface area contributed by atoms with Gasteiger partial charge in [-0.1, -0.05) is 169 Å². The Kier molecular flexibility index (Phi) is 16.7. The molecule has 0 aliphatic heterocycles. The van der Waals surface area contributed by atoms with Gasteiger partial charge in [0.15, 0.2) is 18.6 Å². The van der Waals surface area contributed by atoms with Gasteiger partial charge in [0.05, 0.1) is 16.2 Å². The van der Waals surface area contributed by atoms with Gasteiger partial charge in [-0.2, -0.15) is 0 Å². The van der Waals surface area contributed by atoms with Crippen molar-refractivity contribution < 1.29 is 15.1 Å². The Bertz CT molecular complexity index is 5220. The van der Waals surface area contributed by atoms with Crippen LogP contribution in [-0.2, 0) is 21.1 Å². The molecule has 442 valence electrons. The number of thiophene rings is 3.